The number of benzene rings is 1. The van der Waals surface area contributed by atoms with Gasteiger partial charge in [-0.15, -0.1) is 14.8 Å². The van der Waals surface area contributed by atoms with Crippen molar-refractivity contribution >= 4 is 17.2 Å². The van der Waals surface area contributed by atoms with E-state index in [1.54, 1.807) is 6.07 Å². The van der Waals surface area contributed by atoms with E-state index in [1.807, 2.05) is 37.3 Å². The molecule has 3 rings (SSSR count). The van der Waals surface area contributed by atoms with Gasteiger partial charge < -0.3 is 10.1 Å². The van der Waals surface area contributed by atoms with Crippen molar-refractivity contribution in [3.05, 3.63) is 42.0 Å². The van der Waals surface area contributed by atoms with Crippen LogP contribution < -0.4 is 5.32 Å². The van der Waals surface area contributed by atoms with Crippen molar-refractivity contribution in [1.29, 1.82) is 0 Å². The van der Waals surface area contributed by atoms with Crippen molar-refractivity contribution in [1.82, 2.24) is 25.3 Å². The van der Waals surface area contributed by atoms with E-state index in [0.29, 0.717) is 24.7 Å². The lowest BCUT2D eigenvalue weighted by Gasteiger charge is -2.07. The Hall–Kier alpha value is -2.54. The maximum absolute atomic E-state index is 5.40. The Morgan fingerprint density at radius 1 is 1.25 bits per heavy atom. The van der Waals surface area contributed by atoms with Crippen LogP contribution in [0.15, 0.2) is 36.4 Å². The van der Waals surface area contributed by atoms with E-state index >= 15 is 0 Å². The third-order valence-corrected chi connectivity index (χ3v) is 2.74. The number of nitrogens with zero attached hydrogens (tertiary/aromatic N) is 5. The van der Waals surface area contributed by atoms with Gasteiger partial charge in [0.05, 0.1) is 6.61 Å². The molecule has 0 bridgehead atoms. The van der Waals surface area contributed by atoms with E-state index < -0.39 is 0 Å². The molecule has 102 valence electrons. The highest BCUT2D eigenvalue weighted by molar-refractivity contribution is 5.57. The summed E-state index contributed by atoms with van der Waals surface area (Å²) in [6.07, 6.45) is 0. The smallest absolute Gasteiger partial charge is 0.200 e. The van der Waals surface area contributed by atoms with Crippen LogP contribution in [0.4, 0.5) is 11.5 Å². The quantitative estimate of drug-likeness (QED) is 0.761. The third kappa shape index (κ3) is 2.72. The fraction of sp³-hybridized carbons (Fsp3) is 0.231. The number of hydrogen-bond acceptors (Lipinski definition) is 6. The van der Waals surface area contributed by atoms with Gasteiger partial charge in [0, 0.05) is 12.3 Å². The zero-order valence-electron chi connectivity index (χ0n) is 11.0. The molecule has 0 amide bonds. The van der Waals surface area contributed by atoms with Gasteiger partial charge in [0.1, 0.15) is 0 Å². The fourth-order valence-corrected chi connectivity index (χ4v) is 1.82. The Morgan fingerprint density at radius 2 is 2.20 bits per heavy atom. The summed E-state index contributed by atoms with van der Waals surface area (Å²) in [5.41, 5.74) is 2.67. The first-order valence-electron chi connectivity index (χ1n) is 6.34. The van der Waals surface area contributed by atoms with Gasteiger partial charge in [-0.2, -0.15) is 0 Å². The molecule has 0 saturated heterocycles. The zero-order chi connectivity index (χ0) is 13.8. The lowest BCUT2D eigenvalue weighted by Crippen LogP contribution is -2.00. The summed E-state index contributed by atoms with van der Waals surface area (Å²) >= 11 is 0. The van der Waals surface area contributed by atoms with Gasteiger partial charge in [-0.05, 0) is 47.2 Å². The number of anilines is 2. The van der Waals surface area contributed by atoms with Gasteiger partial charge >= 0.3 is 0 Å². The minimum atomic E-state index is 0.603. The molecule has 0 spiro atoms. The molecule has 20 heavy (non-hydrogen) atoms. The SMILES string of the molecule is CCOCc1cccc(Nc2ccc3nnnn3n2)c1. The van der Waals surface area contributed by atoms with E-state index in [4.69, 9.17) is 4.74 Å². The first kappa shape index (κ1) is 12.5. The van der Waals surface area contributed by atoms with Crippen molar-refractivity contribution < 1.29 is 4.74 Å². The minimum Gasteiger partial charge on any atom is -0.377 e. The Balaban J connectivity index is 1.79. The minimum absolute atomic E-state index is 0.603. The van der Waals surface area contributed by atoms with Crippen LogP contribution in [0.3, 0.4) is 0 Å². The highest BCUT2D eigenvalue weighted by Gasteiger charge is 2.02. The Labute approximate surface area is 115 Å². The lowest BCUT2D eigenvalue weighted by atomic mass is 10.2. The van der Waals surface area contributed by atoms with Gasteiger partial charge in [-0.3, -0.25) is 0 Å². The fourth-order valence-electron chi connectivity index (χ4n) is 1.82. The number of fused-ring (bicyclic) bond motifs is 1. The monoisotopic (exact) mass is 270 g/mol. The first-order chi connectivity index (χ1) is 9.85. The van der Waals surface area contributed by atoms with E-state index in [2.05, 4.69) is 25.9 Å². The second kappa shape index (κ2) is 5.62. The highest BCUT2D eigenvalue weighted by Crippen LogP contribution is 2.16. The number of ether oxygens (including phenoxy) is 1. The van der Waals surface area contributed by atoms with Gasteiger partial charge in [0.15, 0.2) is 11.5 Å². The van der Waals surface area contributed by atoms with E-state index in [-0.39, 0.29) is 0 Å². The van der Waals surface area contributed by atoms with Crippen molar-refractivity contribution in [2.45, 2.75) is 13.5 Å². The van der Waals surface area contributed by atoms with Crippen molar-refractivity contribution in [3.8, 4) is 0 Å². The van der Waals surface area contributed by atoms with Gasteiger partial charge in [0.2, 0.25) is 0 Å². The molecule has 0 saturated carbocycles. The molecule has 2 aromatic heterocycles. The number of hydrogen-bond donors (Lipinski definition) is 1. The Bertz CT molecular complexity index is 711. The van der Waals surface area contributed by atoms with E-state index in [0.717, 1.165) is 11.3 Å². The lowest BCUT2D eigenvalue weighted by molar-refractivity contribution is 0.134. The topological polar surface area (TPSA) is 77.2 Å². The van der Waals surface area contributed by atoms with Gasteiger partial charge in [-0.1, -0.05) is 12.1 Å². The molecule has 0 aliphatic rings. The molecule has 7 nitrogen and oxygen atoms in total. The number of aromatic nitrogens is 5. The molecule has 0 unspecified atom stereocenters. The molecule has 0 fully saturated rings. The maximum atomic E-state index is 5.40. The highest BCUT2D eigenvalue weighted by atomic mass is 16.5. The van der Waals surface area contributed by atoms with Crippen LogP contribution in [0.2, 0.25) is 0 Å². The molecular weight excluding hydrogens is 256 g/mol. The van der Waals surface area contributed by atoms with Crippen LogP contribution in [0.1, 0.15) is 12.5 Å². The molecule has 1 aromatic carbocycles. The Morgan fingerprint density at radius 3 is 3.10 bits per heavy atom. The summed E-state index contributed by atoms with van der Waals surface area (Å²) in [7, 11) is 0. The van der Waals surface area contributed by atoms with Crippen molar-refractivity contribution in [2.24, 2.45) is 0 Å². The van der Waals surface area contributed by atoms with Crippen LogP contribution in [0, 0.1) is 0 Å². The average molecular weight is 270 g/mol. The molecule has 2 heterocycles. The first-order valence-corrected chi connectivity index (χ1v) is 6.34. The van der Waals surface area contributed by atoms with Crippen LogP contribution in [-0.2, 0) is 11.3 Å². The van der Waals surface area contributed by atoms with Gasteiger partial charge in [-0.25, -0.2) is 0 Å². The third-order valence-electron chi connectivity index (χ3n) is 2.74. The number of nitrogens with one attached hydrogen (secondary N) is 1. The number of tetrazole rings is 1. The van der Waals surface area contributed by atoms with Crippen LogP contribution in [0.5, 0.6) is 0 Å². The summed E-state index contributed by atoms with van der Waals surface area (Å²) in [5, 5.41) is 18.6. The van der Waals surface area contributed by atoms with Crippen molar-refractivity contribution in [2.75, 3.05) is 11.9 Å². The predicted molar refractivity (Wildman–Crippen MR) is 73.6 cm³/mol. The molecule has 0 atom stereocenters. The normalized spacial score (nSPS) is 10.8. The summed E-state index contributed by atoms with van der Waals surface area (Å²) in [6.45, 7) is 3.29. The molecule has 7 heteroatoms. The molecule has 0 aliphatic carbocycles. The standard InChI is InChI=1S/C13H14N6O/c1-2-20-9-10-4-3-5-11(8-10)14-12-6-7-13-15-17-18-19(13)16-12/h3-8H,2,9H2,1H3,(H,14,16). The predicted octanol–water partition coefficient (Wildman–Crippen LogP) is 1.80. The van der Waals surface area contributed by atoms with Crippen LogP contribution >= 0.6 is 0 Å². The van der Waals surface area contributed by atoms with E-state index in [9.17, 15) is 0 Å². The Kier molecular flexibility index (Phi) is 3.51. The van der Waals surface area contributed by atoms with Crippen molar-refractivity contribution in [3.63, 3.8) is 0 Å². The molecule has 0 aliphatic heterocycles. The van der Waals surface area contributed by atoms with E-state index in [1.165, 1.54) is 4.63 Å². The molecule has 1 N–H and O–H groups in total. The average Bonchev–Trinajstić information content (AvgIpc) is 2.93. The summed E-state index contributed by atoms with van der Waals surface area (Å²) in [5.74, 6) is 0.679. The molecular formula is C13H14N6O. The van der Waals surface area contributed by atoms with Gasteiger partial charge in [0.25, 0.3) is 0 Å². The molecule has 3 aromatic rings. The zero-order valence-corrected chi connectivity index (χ0v) is 11.0. The summed E-state index contributed by atoms with van der Waals surface area (Å²) in [4.78, 5) is 0. The molecule has 0 radical (unpaired) electrons. The summed E-state index contributed by atoms with van der Waals surface area (Å²) in [6, 6.07) is 11.6. The second-order valence-electron chi connectivity index (χ2n) is 4.21. The summed E-state index contributed by atoms with van der Waals surface area (Å²) < 4.78 is 6.78. The van der Waals surface area contributed by atoms with Crippen LogP contribution in [0.25, 0.3) is 5.65 Å². The maximum Gasteiger partial charge on any atom is 0.200 e. The number of rotatable bonds is 5. The largest absolute Gasteiger partial charge is 0.377 e. The second-order valence-corrected chi connectivity index (χ2v) is 4.21. The van der Waals surface area contributed by atoms with Crippen LogP contribution in [-0.4, -0.2) is 31.9 Å².